The highest BCUT2D eigenvalue weighted by molar-refractivity contribution is 6.08. The summed E-state index contributed by atoms with van der Waals surface area (Å²) in [5.74, 6) is -2.06. The fraction of sp³-hybridized carbons (Fsp3) is 0.786. The molecule has 0 aromatic rings. The van der Waals surface area contributed by atoms with Crippen LogP contribution in [0, 0.1) is 17.8 Å². The molecule has 1 saturated heterocycles. The summed E-state index contributed by atoms with van der Waals surface area (Å²) in [6.07, 6.45) is 2.24. The Kier molecular flexibility index (Phi) is 3.41. The molecule has 1 heterocycles. The van der Waals surface area contributed by atoms with Crippen molar-refractivity contribution in [2.24, 2.45) is 17.8 Å². The molecule has 0 bridgehead atoms. The Morgan fingerprint density at radius 2 is 1.53 bits per heavy atom. The molecule has 5 heteroatoms. The normalized spacial score (nSPS) is 39.7. The molecule has 2 unspecified atom stereocenters. The zero-order valence-corrected chi connectivity index (χ0v) is 11.7. The molecule has 0 radical (unpaired) electrons. The summed E-state index contributed by atoms with van der Waals surface area (Å²) in [4.78, 5) is 37.3. The van der Waals surface area contributed by atoms with Crippen molar-refractivity contribution in [1.29, 1.82) is 0 Å². The molecule has 0 aromatic carbocycles. The SMILES string of the molecule is CC1CCC(C(=O)O)(N2C(=O)C(C)C(C)C2=O)CC1. The van der Waals surface area contributed by atoms with E-state index in [0.717, 1.165) is 17.7 Å². The van der Waals surface area contributed by atoms with Gasteiger partial charge in [-0.25, -0.2) is 4.79 Å². The number of carboxylic acid groups (broad SMARTS) is 1. The van der Waals surface area contributed by atoms with Crippen LogP contribution in [0.25, 0.3) is 0 Å². The van der Waals surface area contributed by atoms with Gasteiger partial charge in [-0.1, -0.05) is 20.8 Å². The lowest BCUT2D eigenvalue weighted by Gasteiger charge is -2.41. The monoisotopic (exact) mass is 267 g/mol. The molecule has 2 fully saturated rings. The zero-order chi connectivity index (χ0) is 14.4. The van der Waals surface area contributed by atoms with Crippen LogP contribution >= 0.6 is 0 Å². The summed E-state index contributed by atoms with van der Waals surface area (Å²) in [7, 11) is 0. The van der Waals surface area contributed by atoms with Crippen LogP contribution in [-0.2, 0) is 14.4 Å². The lowest BCUT2D eigenvalue weighted by molar-refractivity contribution is -0.166. The van der Waals surface area contributed by atoms with Crippen molar-refractivity contribution < 1.29 is 19.5 Å². The number of carbonyl (C=O) groups excluding carboxylic acids is 2. The first-order valence-electron chi connectivity index (χ1n) is 6.92. The van der Waals surface area contributed by atoms with Crippen LogP contribution in [0.5, 0.6) is 0 Å². The Balaban J connectivity index is 2.38. The van der Waals surface area contributed by atoms with Crippen LogP contribution in [0.1, 0.15) is 46.5 Å². The molecule has 106 valence electrons. The second kappa shape index (κ2) is 4.62. The maximum absolute atomic E-state index is 12.3. The standard InChI is InChI=1S/C14H21NO4/c1-8-4-6-14(7-5-8,13(18)19)15-11(16)9(2)10(3)12(15)17/h8-10H,4-7H2,1-3H3,(H,18,19). The molecule has 2 aliphatic rings. The lowest BCUT2D eigenvalue weighted by Crippen LogP contribution is -2.59. The number of likely N-dealkylation sites (tertiary alicyclic amines) is 1. The smallest absolute Gasteiger partial charge is 0.330 e. The Hall–Kier alpha value is -1.39. The van der Waals surface area contributed by atoms with Gasteiger partial charge >= 0.3 is 5.97 Å². The number of aliphatic carboxylic acids is 1. The Morgan fingerprint density at radius 1 is 1.11 bits per heavy atom. The van der Waals surface area contributed by atoms with Gasteiger partial charge in [-0.2, -0.15) is 0 Å². The third-order valence-electron chi connectivity index (χ3n) is 4.90. The summed E-state index contributed by atoms with van der Waals surface area (Å²) in [5, 5.41) is 9.60. The van der Waals surface area contributed by atoms with Crippen LogP contribution in [0.3, 0.4) is 0 Å². The van der Waals surface area contributed by atoms with E-state index < -0.39 is 23.3 Å². The van der Waals surface area contributed by atoms with Crippen molar-refractivity contribution in [3.05, 3.63) is 0 Å². The Morgan fingerprint density at radius 3 is 1.89 bits per heavy atom. The number of imide groups is 1. The first kappa shape index (κ1) is 14.0. The van der Waals surface area contributed by atoms with Gasteiger partial charge in [0, 0.05) is 11.8 Å². The number of hydrogen-bond donors (Lipinski definition) is 1. The molecular formula is C14H21NO4. The summed E-state index contributed by atoms with van der Waals surface area (Å²) < 4.78 is 0. The quantitative estimate of drug-likeness (QED) is 0.772. The highest BCUT2D eigenvalue weighted by Crippen LogP contribution is 2.41. The fourth-order valence-corrected chi connectivity index (χ4v) is 3.14. The van der Waals surface area contributed by atoms with E-state index in [2.05, 4.69) is 6.92 Å². The third-order valence-corrected chi connectivity index (χ3v) is 4.90. The molecule has 1 aliphatic heterocycles. The zero-order valence-electron chi connectivity index (χ0n) is 11.7. The van der Waals surface area contributed by atoms with Crippen LogP contribution < -0.4 is 0 Å². The first-order valence-corrected chi connectivity index (χ1v) is 6.92. The molecule has 0 spiro atoms. The molecule has 2 rings (SSSR count). The summed E-state index contributed by atoms with van der Waals surface area (Å²) in [6, 6.07) is 0. The van der Waals surface area contributed by atoms with Gasteiger partial charge in [0.1, 0.15) is 5.54 Å². The minimum atomic E-state index is -1.31. The molecule has 1 saturated carbocycles. The molecule has 1 aliphatic carbocycles. The number of nitrogens with zero attached hydrogens (tertiary/aromatic N) is 1. The average molecular weight is 267 g/mol. The molecule has 2 atom stereocenters. The minimum Gasteiger partial charge on any atom is -0.479 e. The molecule has 2 amide bonds. The van der Waals surface area contributed by atoms with Gasteiger partial charge in [-0.15, -0.1) is 0 Å². The molecule has 0 aromatic heterocycles. The van der Waals surface area contributed by atoms with Crippen LogP contribution in [0.15, 0.2) is 0 Å². The van der Waals surface area contributed by atoms with Crippen molar-refractivity contribution in [2.45, 2.75) is 52.0 Å². The van der Waals surface area contributed by atoms with Crippen molar-refractivity contribution in [3.8, 4) is 0 Å². The minimum absolute atomic E-state index is 0.325. The lowest BCUT2D eigenvalue weighted by atomic mass is 9.76. The number of amides is 2. The highest BCUT2D eigenvalue weighted by atomic mass is 16.4. The fourth-order valence-electron chi connectivity index (χ4n) is 3.14. The van der Waals surface area contributed by atoms with Crippen molar-refractivity contribution in [3.63, 3.8) is 0 Å². The Labute approximate surface area is 113 Å². The van der Waals surface area contributed by atoms with Crippen LogP contribution in [-0.4, -0.2) is 33.3 Å². The second-order valence-corrected chi connectivity index (χ2v) is 6.11. The topological polar surface area (TPSA) is 74.7 Å². The van der Waals surface area contributed by atoms with Gasteiger partial charge in [0.15, 0.2) is 0 Å². The summed E-state index contributed by atoms with van der Waals surface area (Å²) in [5.41, 5.74) is -1.31. The molecular weight excluding hydrogens is 246 g/mol. The van der Waals surface area contributed by atoms with E-state index in [-0.39, 0.29) is 11.8 Å². The number of carbonyl (C=O) groups is 3. The van der Waals surface area contributed by atoms with E-state index in [1.54, 1.807) is 13.8 Å². The predicted octanol–water partition coefficient (Wildman–Crippen LogP) is 1.66. The largest absolute Gasteiger partial charge is 0.479 e. The van der Waals surface area contributed by atoms with Crippen molar-refractivity contribution in [1.82, 2.24) is 4.90 Å². The first-order chi connectivity index (χ1) is 8.81. The maximum atomic E-state index is 12.3. The van der Waals surface area contributed by atoms with E-state index >= 15 is 0 Å². The van der Waals surface area contributed by atoms with Gasteiger partial charge in [-0.3, -0.25) is 14.5 Å². The van der Waals surface area contributed by atoms with Gasteiger partial charge < -0.3 is 5.11 Å². The van der Waals surface area contributed by atoms with E-state index in [4.69, 9.17) is 0 Å². The molecule has 19 heavy (non-hydrogen) atoms. The molecule has 5 nitrogen and oxygen atoms in total. The van der Waals surface area contributed by atoms with Crippen LogP contribution in [0.2, 0.25) is 0 Å². The van der Waals surface area contributed by atoms with E-state index in [9.17, 15) is 19.5 Å². The predicted molar refractivity (Wildman–Crippen MR) is 68.2 cm³/mol. The highest BCUT2D eigenvalue weighted by Gasteiger charge is 2.56. The number of carboxylic acids is 1. The number of rotatable bonds is 2. The van der Waals surface area contributed by atoms with E-state index in [1.807, 2.05) is 0 Å². The van der Waals surface area contributed by atoms with Crippen molar-refractivity contribution >= 4 is 17.8 Å². The summed E-state index contributed by atoms with van der Waals surface area (Å²) >= 11 is 0. The van der Waals surface area contributed by atoms with Gasteiger partial charge in [0.25, 0.3) is 0 Å². The molecule has 1 N–H and O–H groups in total. The average Bonchev–Trinajstić information content (AvgIpc) is 2.56. The van der Waals surface area contributed by atoms with E-state index in [0.29, 0.717) is 18.8 Å². The number of hydrogen-bond acceptors (Lipinski definition) is 3. The maximum Gasteiger partial charge on any atom is 0.330 e. The van der Waals surface area contributed by atoms with Crippen LogP contribution in [0.4, 0.5) is 0 Å². The third kappa shape index (κ3) is 1.95. The second-order valence-electron chi connectivity index (χ2n) is 6.11. The van der Waals surface area contributed by atoms with Crippen molar-refractivity contribution in [2.75, 3.05) is 0 Å². The van der Waals surface area contributed by atoms with Gasteiger partial charge in [-0.05, 0) is 31.6 Å². The summed E-state index contributed by atoms with van der Waals surface area (Å²) in [6.45, 7) is 5.47. The van der Waals surface area contributed by atoms with Gasteiger partial charge in [0.2, 0.25) is 11.8 Å². The Bertz CT molecular complexity index is 403. The van der Waals surface area contributed by atoms with Gasteiger partial charge in [0.05, 0.1) is 0 Å². The van der Waals surface area contributed by atoms with E-state index in [1.165, 1.54) is 0 Å².